The van der Waals surface area contributed by atoms with Gasteiger partial charge in [0.1, 0.15) is 23.0 Å². The standard InChI is InChI=1S/C20H29ClN2O5/c1-11-6-13-7-14(17(21)15(8-13)26-4)23(3)10-12(2)16-9-20(25,18(11)27-5)22-19(24)28-16/h7-8,11-12,16,18,25H,6,9-10H2,1-5H3,(H,22,24)/t11?,12-,16-,18+,20-/m0/s1. The molecule has 156 valence electrons. The third-order valence-electron chi connectivity index (χ3n) is 5.80. The van der Waals surface area contributed by atoms with Crippen LogP contribution in [0.25, 0.3) is 0 Å². The first-order chi connectivity index (χ1) is 13.2. The van der Waals surface area contributed by atoms with E-state index in [4.69, 9.17) is 25.8 Å². The van der Waals surface area contributed by atoms with E-state index in [9.17, 15) is 9.90 Å². The van der Waals surface area contributed by atoms with E-state index in [1.54, 1.807) is 14.2 Å². The number of ether oxygens (including phenoxy) is 3. The van der Waals surface area contributed by atoms with Gasteiger partial charge < -0.3 is 24.2 Å². The number of fused-ring (bicyclic) bond motifs is 4. The molecule has 4 bridgehead atoms. The average Bonchev–Trinajstić information content (AvgIpc) is 2.61. The normalized spacial score (nSPS) is 33.2. The number of halogens is 1. The van der Waals surface area contributed by atoms with Crippen molar-refractivity contribution < 1.29 is 24.1 Å². The summed E-state index contributed by atoms with van der Waals surface area (Å²) in [6.07, 6.45) is -0.808. The van der Waals surface area contributed by atoms with E-state index < -0.39 is 24.0 Å². The number of methoxy groups -OCH3 is 2. The number of anilines is 1. The van der Waals surface area contributed by atoms with E-state index >= 15 is 0 Å². The molecule has 0 spiro atoms. The minimum Gasteiger partial charge on any atom is -0.495 e. The van der Waals surface area contributed by atoms with Crippen molar-refractivity contribution in [1.29, 1.82) is 0 Å². The predicted octanol–water partition coefficient (Wildman–Crippen LogP) is 2.82. The third-order valence-corrected chi connectivity index (χ3v) is 6.18. The lowest BCUT2D eigenvalue weighted by Gasteiger charge is -2.45. The molecule has 0 aromatic heterocycles. The molecule has 1 fully saturated rings. The molecular formula is C20H29ClN2O5. The zero-order valence-corrected chi connectivity index (χ0v) is 17.7. The molecule has 8 heteroatoms. The van der Waals surface area contributed by atoms with Crippen molar-refractivity contribution in [3.05, 3.63) is 22.7 Å². The van der Waals surface area contributed by atoms with Gasteiger partial charge in [0.05, 0.1) is 12.8 Å². The monoisotopic (exact) mass is 412 g/mol. The number of hydrogen-bond acceptors (Lipinski definition) is 6. The van der Waals surface area contributed by atoms with Crippen LogP contribution in [0.1, 0.15) is 25.8 Å². The molecule has 28 heavy (non-hydrogen) atoms. The molecule has 2 heterocycles. The van der Waals surface area contributed by atoms with Gasteiger partial charge in [-0.15, -0.1) is 0 Å². The van der Waals surface area contributed by atoms with Crippen molar-refractivity contribution in [3.8, 4) is 5.75 Å². The van der Waals surface area contributed by atoms with E-state index in [2.05, 4.69) is 5.32 Å². The van der Waals surface area contributed by atoms with Gasteiger partial charge in [0, 0.05) is 33.0 Å². The van der Waals surface area contributed by atoms with E-state index in [-0.39, 0.29) is 18.3 Å². The van der Waals surface area contributed by atoms with E-state index in [1.165, 1.54) is 0 Å². The molecule has 1 aromatic rings. The Labute approximate surface area is 170 Å². The quantitative estimate of drug-likeness (QED) is 0.777. The fourth-order valence-electron chi connectivity index (χ4n) is 4.46. The van der Waals surface area contributed by atoms with Crippen LogP contribution in [0, 0.1) is 11.8 Å². The fourth-order valence-corrected chi connectivity index (χ4v) is 4.79. The number of alkyl carbamates (subject to hydrolysis) is 1. The molecule has 0 radical (unpaired) electrons. The molecule has 0 aliphatic carbocycles. The van der Waals surface area contributed by atoms with Gasteiger partial charge in [-0.2, -0.15) is 0 Å². The van der Waals surface area contributed by atoms with Gasteiger partial charge in [0.2, 0.25) is 0 Å². The summed E-state index contributed by atoms with van der Waals surface area (Å²) in [6, 6.07) is 3.95. The Kier molecular flexibility index (Phi) is 5.98. The molecule has 0 saturated carbocycles. The average molecular weight is 413 g/mol. The molecule has 1 aromatic carbocycles. The number of amides is 1. The second-order valence-electron chi connectivity index (χ2n) is 8.02. The summed E-state index contributed by atoms with van der Waals surface area (Å²) in [5.41, 5.74) is 0.379. The third kappa shape index (κ3) is 3.88. The van der Waals surface area contributed by atoms with Gasteiger partial charge in [-0.1, -0.05) is 25.4 Å². The van der Waals surface area contributed by atoms with Crippen molar-refractivity contribution in [3.63, 3.8) is 0 Å². The van der Waals surface area contributed by atoms with Crippen LogP contribution in [0.15, 0.2) is 12.1 Å². The summed E-state index contributed by atoms with van der Waals surface area (Å²) in [7, 11) is 5.09. The van der Waals surface area contributed by atoms with Crippen molar-refractivity contribution >= 4 is 23.4 Å². The molecule has 5 atom stereocenters. The lowest BCUT2D eigenvalue weighted by Crippen LogP contribution is -2.65. The Morgan fingerprint density at radius 1 is 1.32 bits per heavy atom. The highest BCUT2D eigenvalue weighted by Crippen LogP contribution is 2.39. The number of aliphatic hydroxyl groups is 1. The number of carbonyl (C=O) groups excluding carboxylic acids is 1. The van der Waals surface area contributed by atoms with Crippen LogP contribution in [0.4, 0.5) is 10.5 Å². The Balaban J connectivity index is 2.09. The zero-order valence-electron chi connectivity index (χ0n) is 17.0. The maximum absolute atomic E-state index is 12.2. The van der Waals surface area contributed by atoms with Crippen molar-refractivity contribution in [2.45, 2.75) is 44.6 Å². The first-order valence-corrected chi connectivity index (χ1v) is 9.87. The van der Waals surface area contributed by atoms with Crippen molar-refractivity contribution in [2.75, 3.05) is 32.7 Å². The van der Waals surface area contributed by atoms with Gasteiger partial charge in [-0.3, -0.25) is 5.32 Å². The number of rotatable bonds is 2. The molecule has 2 aliphatic rings. The van der Waals surface area contributed by atoms with Crippen molar-refractivity contribution in [2.24, 2.45) is 11.8 Å². The highest BCUT2D eigenvalue weighted by molar-refractivity contribution is 6.34. The lowest BCUT2D eigenvalue weighted by atomic mass is 9.83. The van der Waals surface area contributed by atoms with Crippen LogP contribution in [0.5, 0.6) is 5.75 Å². The minimum atomic E-state index is -1.50. The number of nitrogens with one attached hydrogen (secondary N) is 1. The predicted molar refractivity (Wildman–Crippen MR) is 107 cm³/mol. The molecule has 1 amide bonds. The summed E-state index contributed by atoms with van der Waals surface area (Å²) >= 11 is 6.57. The number of carbonyl (C=O) groups is 1. The summed E-state index contributed by atoms with van der Waals surface area (Å²) in [5, 5.41) is 14.4. The summed E-state index contributed by atoms with van der Waals surface area (Å²) in [6.45, 7) is 4.57. The lowest BCUT2D eigenvalue weighted by molar-refractivity contribution is -0.170. The number of benzene rings is 1. The van der Waals surface area contributed by atoms with Gasteiger partial charge in [-0.25, -0.2) is 4.79 Å². The topological polar surface area (TPSA) is 80.3 Å². The summed E-state index contributed by atoms with van der Waals surface area (Å²) in [4.78, 5) is 14.2. The molecule has 1 unspecified atom stereocenters. The van der Waals surface area contributed by atoms with Crippen LogP contribution < -0.4 is 15.0 Å². The maximum atomic E-state index is 12.2. The molecule has 3 rings (SSSR count). The molecule has 2 N–H and O–H groups in total. The highest BCUT2D eigenvalue weighted by Gasteiger charge is 2.49. The highest BCUT2D eigenvalue weighted by atomic mass is 35.5. The smallest absolute Gasteiger partial charge is 0.409 e. The van der Waals surface area contributed by atoms with E-state index in [0.717, 1.165) is 11.3 Å². The van der Waals surface area contributed by atoms with Gasteiger partial charge in [0.25, 0.3) is 0 Å². The molecule has 1 saturated heterocycles. The van der Waals surface area contributed by atoms with Gasteiger partial charge in [0.15, 0.2) is 5.72 Å². The second-order valence-corrected chi connectivity index (χ2v) is 8.40. The number of nitrogens with zero attached hydrogens (tertiary/aromatic N) is 1. The minimum absolute atomic E-state index is 0.0412. The summed E-state index contributed by atoms with van der Waals surface area (Å²) < 4.78 is 16.6. The van der Waals surface area contributed by atoms with Gasteiger partial charge >= 0.3 is 6.09 Å². The van der Waals surface area contributed by atoms with Crippen molar-refractivity contribution in [1.82, 2.24) is 5.32 Å². The summed E-state index contributed by atoms with van der Waals surface area (Å²) in [5.74, 6) is 0.476. The Morgan fingerprint density at radius 2 is 2.04 bits per heavy atom. The van der Waals surface area contributed by atoms with Crippen LogP contribution in [0.3, 0.4) is 0 Å². The number of hydrogen-bond donors (Lipinski definition) is 2. The molecular weight excluding hydrogens is 384 g/mol. The first kappa shape index (κ1) is 21.0. The van der Waals surface area contributed by atoms with Crippen LogP contribution in [-0.4, -0.2) is 56.9 Å². The largest absolute Gasteiger partial charge is 0.495 e. The Hall–Kier alpha value is -1.70. The fraction of sp³-hybridized carbons (Fsp3) is 0.650. The first-order valence-electron chi connectivity index (χ1n) is 9.50. The van der Waals surface area contributed by atoms with Crippen LogP contribution >= 0.6 is 11.6 Å². The SMILES string of the molecule is COc1cc2cc(c1Cl)N(C)C[C@H](C)[C@@H]1C[C@@](O)(NC(=O)O1)[C@H](OC)C(C)C2. The van der Waals surface area contributed by atoms with E-state index in [0.29, 0.717) is 23.7 Å². The van der Waals surface area contributed by atoms with Gasteiger partial charge in [-0.05, 0) is 30.0 Å². The Bertz CT molecular complexity index is 746. The second kappa shape index (κ2) is 7.97. The zero-order chi connectivity index (χ0) is 20.6. The maximum Gasteiger partial charge on any atom is 0.409 e. The van der Waals surface area contributed by atoms with Crippen LogP contribution in [-0.2, 0) is 15.9 Å². The van der Waals surface area contributed by atoms with Crippen LogP contribution in [0.2, 0.25) is 5.02 Å². The molecule has 7 nitrogen and oxygen atoms in total. The molecule has 2 aliphatic heterocycles. The van der Waals surface area contributed by atoms with E-state index in [1.807, 2.05) is 37.9 Å². The Morgan fingerprint density at radius 3 is 2.68 bits per heavy atom.